The summed E-state index contributed by atoms with van der Waals surface area (Å²) in [7, 11) is 3.42. The van der Waals surface area contributed by atoms with E-state index in [1.54, 1.807) is 6.26 Å². The first-order valence-corrected chi connectivity index (χ1v) is 5.78. The van der Waals surface area contributed by atoms with Crippen molar-refractivity contribution < 1.29 is 13.9 Å². The number of furan rings is 1. The van der Waals surface area contributed by atoms with Crippen LogP contribution in [0.15, 0.2) is 16.7 Å². The van der Waals surface area contributed by atoms with Crippen LogP contribution in [-0.4, -0.2) is 31.1 Å². The lowest BCUT2D eigenvalue weighted by Crippen LogP contribution is -2.38. The van der Waals surface area contributed by atoms with Crippen molar-refractivity contribution in [3.63, 3.8) is 0 Å². The monoisotopic (exact) mass is 239 g/mol. The standard InChI is InChI=1S/C13H21NO3/c1-9(13(15)16-5)10(2)14(4)8-12-6-7-17-11(12)3/h6-7,9-10H,8H2,1-5H3. The summed E-state index contributed by atoms with van der Waals surface area (Å²) in [6.45, 7) is 6.62. The number of carbonyl (C=O) groups is 1. The van der Waals surface area contributed by atoms with E-state index >= 15 is 0 Å². The molecule has 0 bridgehead atoms. The minimum absolute atomic E-state index is 0.122. The fourth-order valence-corrected chi connectivity index (χ4v) is 1.75. The molecule has 0 N–H and O–H groups in total. The first kappa shape index (κ1) is 13.8. The molecule has 0 fully saturated rings. The number of nitrogens with zero attached hydrogens (tertiary/aromatic N) is 1. The van der Waals surface area contributed by atoms with Gasteiger partial charge in [-0.05, 0) is 27.0 Å². The number of carbonyl (C=O) groups excluding carboxylic acids is 1. The highest BCUT2D eigenvalue weighted by Gasteiger charge is 2.24. The molecule has 0 amide bonds. The van der Waals surface area contributed by atoms with Gasteiger partial charge in [0.25, 0.3) is 0 Å². The average molecular weight is 239 g/mol. The second-order valence-electron chi connectivity index (χ2n) is 4.47. The molecule has 2 unspecified atom stereocenters. The van der Waals surface area contributed by atoms with Crippen molar-refractivity contribution in [3.8, 4) is 0 Å². The molecule has 96 valence electrons. The molecule has 2 atom stereocenters. The van der Waals surface area contributed by atoms with E-state index in [0.717, 1.165) is 17.9 Å². The Morgan fingerprint density at radius 3 is 2.65 bits per heavy atom. The van der Waals surface area contributed by atoms with Gasteiger partial charge in [0.05, 0.1) is 19.3 Å². The quantitative estimate of drug-likeness (QED) is 0.739. The van der Waals surface area contributed by atoms with Gasteiger partial charge in [-0.1, -0.05) is 6.92 Å². The fraction of sp³-hybridized carbons (Fsp3) is 0.615. The lowest BCUT2D eigenvalue weighted by atomic mass is 10.0. The maximum Gasteiger partial charge on any atom is 0.309 e. The Morgan fingerprint density at radius 1 is 1.53 bits per heavy atom. The van der Waals surface area contributed by atoms with Crippen molar-refractivity contribution >= 4 is 5.97 Å². The minimum atomic E-state index is -0.173. The van der Waals surface area contributed by atoms with Crippen LogP contribution < -0.4 is 0 Å². The highest BCUT2D eigenvalue weighted by atomic mass is 16.5. The summed E-state index contributed by atoms with van der Waals surface area (Å²) in [6, 6.07) is 2.08. The third-order valence-corrected chi connectivity index (χ3v) is 3.38. The van der Waals surface area contributed by atoms with E-state index in [0.29, 0.717) is 0 Å². The van der Waals surface area contributed by atoms with Gasteiger partial charge in [-0.3, -0.25) is 9.69 Å². The summed E-state index contributed by atoms with van der Waals surface area (Å²) in [5, 5.41) is 0. The van der Waals surface area contributed by atoms with Gasteiger partial charge in [-0.15, -0.1) is 0 Å². The number of hydrogen-bond donors (Lipinski definition) is 0. The van der Waals surface area contributed by atoms with Crippen LogP contribution in [0.5, 0.6) is 0 Å². The molecule has 4 heteroatoms. The SMILES string of the molecule is COC(=O)C(C)C(C)N(C)Cc1ccoc1C. The number of rotatable bonds is 5. The van der Waals surface area contributed by atoms with Gasteiger partial charge in [0, 0.05) is 18.2 Å². The molecule has 0 saturated carbocycles. The van der Waals surface area contributed by atoms with Gasteiger partial charge in [0.15, 0.2) is 0 Å². The summed E-state index contributed by atoms with van der Waals surface area (Å²) in [5.74, 6) is 0.611. The average Bonchev–Trinajstić information content (AvgIpc) is 2.72. The van der Waals surface area contributed by atoms with Crippen molar-refractivity contribution in [1.82, 2.24) is 4.90 Å². The Bertz CT molecular complexity index is 372. The number of methoxy groups -OCH3 is 1. The Labute approximate surface area is 103 Å². The molecule has 0 radical (unpaired) electrons. The molecule has 1 rings (SSSR count). The molecule has 0 aliphatic heterocycles. The fourth-order valence-electron chi connectivity index (χ4n) is 1.75. The lowest BCUT2D eigenvalue weighted by molar-refractivity contribution is -0.146. The van der Waals surface area contributed by atoms with Gasteiger partial charge in [-0.2, -0.15) is 0 Å². The van der Waals surface area contributed by atoms with Crippen LogP contribution in [0.4, 0.5) is 0 Å². The number of aryl methyl sites for hydroxylation is 1. The largest absolute Gasteiger partial charge is 0.469 e. The molecule has 4 nitrogen and oxygen atoms in total. The zero-order valence-electron chi connectivity index (χ0n) is 11.2. The zero-order chi connectivity index (χ0) is 13.0. The summed E-state index contributed by atoms with van der Waals surface area (Å²) in [6.07, 6.45) is 1.69. The molecule has 0 saturated heterocycles. The molecule has 0 aliphatic rings. The van der Waals surface area contributed by atoms with Gasteiger partial charge >= 0.3 is 5.97 Å². The minimum Gasteiger partial charge on any atom is -0.469 e. The first-order valence-electron chi connectivity index (χ1n) is 5.78. The van der Waals surface area contributed by atoms with Crippen LogP contribution in [0, 0.1) is 12.8 Å². The van der Waals surface area contributed by atoms with E-state index in [9.17, 15) is 4.79 Å². The number of hydrogen-bond acceptors (Lipinski definition) is 4. The predicted molar refractivity (Wildman–Crippen MR) is 65.6 cm³/mol. The van der Waals surface area contributed by atoms with Crippen LogP contribution in [0.3, 0.4) is 0 Å². The maximum absolute atomic E-state index is 11.5. The van der Waals surface area contributed by atoms with E-state index in [1.165, 1.54) is 7.11 Å². The summed E-state index contributed by atoms with van der Waals surface area (Å²) < 4.78 is 10.0. The third-order valence-electron chi connectivity index (χ3n) is 3.38. The second kappa shape index (κ2) is 5.87. The van der Waals surface area contributed by atoms with E-state index in [2.05, 4.69) is 4.90 Å². The first-order chi connectivity index (χ1) is 7.97. The van der Waals surface area contributed by atoms with Crippen molar-refractivity contribution in [3.05, 3.63) is 23.7 Å². The Morgan fingerprint density at radius 2 is 2.18 bits per heavy atom. The summed E-state index contributed by atoms with van der Waals surface area (Å²) in [5.41, 5.74) is 1.15. The second-order valence-corrected chi connectivity index (χ2v) is 4.47. The van der Waals surface area contributed by atoms with Crippen LogP contribution in [0.2, 0.25) is 0 Å². The molecule has 0 aromatic carbocycles. The highest BCUT2D eigenvalue weighted by molar-refractivity contribution is 5.72. The normalized spacial score (nSPS) is 14.7. The van der Waals surface area contributed by atoms with Crippen molar-refractivity contribution in [2.24, 2.45) is 5.92 Å². The van der Waals surface area contributed by atoms with E-state index in [1.807, 2.05) is 33.9 Å². The van der Waals surface area contributed by atoms with Crippen molar-refractivity contribution in [1.29, 1.82) is 0 Å². The molecule has 0 aliphatic carbocycles. The van der Waals surface area contributed by atoms with Crippen molar-refractivity contribution in [2.45, 2.75) is 33.4 Å². The Balaban J connectivity index is 2.61. The van der Waals surface area contributed by atoms with Crippen LogP contribution >= 0.6 is 0 Å². The molecular weight excluding hydrogens is 218 g/mol. The smallest absolute Gasteiger partial charge is 0.309 e. The van der Waals surface area contributed by atoms with E-state index in [-0.39, 0.29) is 17.9 Å². The Kier molecular flexibility index (Phi) is 4.75. The number of ether oxygens (including phenoxy) is 1. The maximum atomic E-state index is 11.5. The Hall–Kier alpha value is -1.29. The number of esters is 1. The summed E-state index contributed by atoms with van der Waals surface area (Å²) in [4.78, 5) is 13.6. The lowest BCUT2D eigenvalue weighted by Gasteiger charge is -2.28. The third kappa shape index (κ3) is 3.33. The molecule has 1 aromatic heterocycles. The molecule has 17 heavy (non-hydrogen) atoms. The molecule has 1 heterocycles. The molecular formula is C13H21NO3. The van der Waals surface area contributed by atoms with Crippen LogP contribution in [-0.2, 0) is 16.1 Å². The molecule has 1 aromatic rings. The highest BCUT2D eigenvalue weighted by Crippen LogP contribution is 2.16. The predicted octanol–water partition coefficient (Wildman–Crippen LogP) is 2.22. The topological polar surface area (TPSA) is 42.7 Å². The summed E-state index contributed by atoms with van der Waals surface area (Å²) >= 11 is 0. The van der Waals surface area contributed by atoms with E-state index in [4.69, 9.17) is 9.15 Å². The van der Waals surface area contributed by atoms with Crippen LogP contribution in [0.1, 0.15) is 25.2 Å². The van der Waals surface area contributed by atoms with Gasteiger partial charge in [0.2, 0.25) is 0 Å². The zero-order valence-corrected chi connectivity index (χ0v) is 11.2. The van der Waals surface area contributed by atoms with Gasteiger partial charge in [0.1, 0.15) is 5.76 Å². The van der Waals surface area contributed by atoms with Crippen molar-refractivity contribution in [2.75, 3.05) is 14.2 Å². The molecule has 0 spiro atoms. The van der Waals surface area contributed by atoms with E-state index < -0.39 is 0 Å². The van der Waals surface area contributed by atoms with Gasteiger partial charge < -0.3 is 9.15 Å². The van der Waals surface area contributed by atoms with Gasteiger partial charge in [-0.25, -0.2) is 0 Å². The van der Waals surface area contributed by atoms with Crippen LogP contribution in [0.25, 0.3) is 0 Å².